The fourth-order valence-corrected chi connectivity index (χ4v) is 3.99. The molecule has 1 atom stereocenters. The third kappa shape index (κ3) is 6.05. The van der Waals surface area contributed by atoms with Crippen molar-refractivity contribution in [3.8, 4) is 0 Å². The molecule has 0 aliphatic rings. The van der Waals surface area contributed by atoms with E-state index in [2.05, 4.69) is 0 Å². The second-order valence-corrected chi connectivity index (χ2v) is 8.64. The molecule has 0 aromatic heterocycles. The molecule has 0 N–H and O–H groups in total. The standard InChI is InChI=1S/C26H28ClN3O4/c1-18(31)34-16-15-29(4)22-11-7-20(8-12-22)26(19-5-9-21(10-6-19)28(2)3)24-17-23(30(32)33)13-14-25(24)27/h5-14,17,26H,15-16H2,1-4H3. The van der Waals surface area contributed by atoms with Crippen molar-refractivity contribution in [2.45, 2.75) is 12.8 Å². The van der Waals surface area contributed by atoms with Crippen molar-refractivity contribution >= 4 is 34.6 Å². The van der Waals surface area contributed by atoms with Crippen molar-refractivity contribution in [1.82, 2.24) is 0 Å². The first-order chi connectivity index (χ1) is 16.2. The first-order valence-corrected chi connectivity index (χ1v) is 11.2. The largest absolute Gasteiger partial charge is 0.464 e. The molecule has 0 bridgehead atoms. The Labute approximate surface area is 204 Å². The molecule has 0 spiro atoms. The molecule has 0 saturated carbocycles. The summed E-state index contributed by atoms with van der Waals surface area (Å²) < 4.78 is 5.03. The van der Waals surface area contributed by atoms with Gasteiger partial charge in [-0.1, -0.05) is 35.9 Å². The van der Waals surface area contributed by atoms with Crippen molar-refractivity contribution < 1.29 is 14.5 Å². The van der Waals surface area contributed by atoms with E-state index in [-0.39, 0.29) is 17.6 Å². The number of ether oxygens (including phenoxy) is 1. The number of likely N-dealkylation sites (N-methyl/N-ethyl adjacent to an activating group) is 1. The highest BCUT2D eigenvalue weighted by Gasteiger charge is 2.22. The lowest BCUT2D eigenvalue weighted by Gasteiger charge is -2.23. The van der Waals surface area contributed by atoms with Gasteiger partial charge in [0.15, 0.2) is 0 Å². The number of nitrogens with zero attached hydrogens (tertiary/aromatic N) is 3. The Hall–Kier alpha value is -3.58. The minimum Gasteiger partial charge on any atom is -0.464 e. The maximum Gasteiger partial charge on any atom is 0.302 e. The van der Waals surface area contributed by atoms with E-state index < -0.39 is 4.92 Å². The number of esters is 1. The summed E-state index contributed by atoms with van der Waals surface area (Å²) in [6.07, 6.45) is 0. The maximum atomic E-state index is 11.4. The van der Waals surface area contributed by atoms with Crippen LogP contribution < -0.4 is 9.80 Å². The highest BCUT2D eigenvalue weighted by Crippen LogP contribution is 2.38. The molecule has 0 saturated heterocycles. The number of nitro groups is 1. The summed E-state index contributed by atoms with van der Waals surface area (Å²) in [6, 6.07) is 20.6. The Morgan fingerprint density at radius 3 is 2.03 bits per heavy atom. The van der Waals surface area contributed by atoms with Crippen molar-refractivity contribution in [2.24, 2.45) is 0 Å². The van der Waals surface area contributed by atoms with Crippen molar-refractivity contribution in [3.63, 3.8) is 0 Å². The van der Waals surface area contributed by atoms with Gasteiger partial charge >= 0.3 is 5.97 Å². The number of hydrogen-bond acceptors (Lipinski definition) is 6. The van der Waals surface area contributed by atoms with E-state index in [1.807, 2.05) is 79.5 Å². The summed E-state index contributed by atoms with van der Waals surface area (Å²) in [5, 5.41) is 11.9. The molecule has 178 valence electrons. The smallest absolute Gasteiger partial charge is 0.302 e. The summed E-state index contributed by atoms with van der Waals surface area (Å²) >= 11 is 6.56. The van der Waals surface area contributed by atoms with Gasteiger partial charge in [0, 0.05) is 62.5 Å². The van der Waals surface area contributed by atoms with E-state index in [9.17, 15) is 14.9 Å². The number of anilines is 2. The summed E-state index contributed by atoms with van der Waals surface area (Å²) in [7, 11) is 5.87. The van der Waals surface area contributed by atoms with Crippen LogP contribution in [-0.2, 0) is 9.53 Å². The number of rotatable bonds is 9. The quantitative estimate of drug-likeness (QED) is 0.174. The van der Waals surface area contributed by atoms with Gasteiger partial charge in [0.2, 0.25) is 0 Å². The molecule has 3 rings (SSSR count). The van der Waals surface area contributed by atoms with E-state index >= 15 is 0 Å². The van der Waals surface area contributed by atoms with Crippen LogP contribution in [0.15, 0.2) is 66.7 Å². The fraction of sp³-hybridized carbons (Fsp3) is 0.269. The minimum absolute atomic E-state index is 0.00358. The van der Waals surface area contributed by atoms with Crippen LogP contribution in [0.25, 0.3) is 0 Å². The minimum atomic E-state index is -0.410. The number of carbonyl (C=O) groups excluding carboxylic acids is 1. The van der Waals surface area contributed by atoms with Gasteiger partial charge < -0.3 is 14.5 Å². The molecule has 3 aromatic carbocycles. The molecule has 0 aliphatic carbocycles. The second kappa shape index (κ2) is 11.0. The Bertz CT molecular complexity index is 1150. The number of carbonyl (C=O) groups is 1. The normalized spacial score (nSPS) is 11.6. The monoisotopic (exact) mass is 481 g/mol. The predicted octanol–water partition coefficient (Wildman–Crippen LogP) is 5.49. The van der Waals surface area contributed by atoms with E-state index in [1.165, 1.54) is 13.0 Å². The molecule has 8 heteroatoms. The third-order valence-electron chi connectivity index (χ3n) is 5.64. The van der Waals surface area contributed by atoms with Crippen LogP contribution in [0.4, 0.5) is 17.1 Å². The van der Waals surface area contributed by atoms with Crippen molar-refractivity contribution in [3.05, 3.63) is 98.6 Å². The molecule has 0 fully saturated rings. The van der Waals surface area contributed by atoms with Crippen LogP contribution in [-0.4, -0.2) is 45.2 Å². The van der Waals surface area contributed by atoms with E-state index in [4.69, 9.17) is 16.3 Å². The zero-order chi connectivity index (χ0) is 24.8. The Balaban J connectivity index is 2.00. The number of non-ortho nitro benzene ring substituents is 1. The summed E-state index contributed by atoms with van der Waals surface area (Å²) in [6.45, 7) is 2.25. The van der Waals surface area contributed by atoms with E-state index in [1.54, 1.807) is 12.1 Å². The van der Waals surface area contributed by atoms with Gasteiger partial charge in [-0.3, -0.25) is 14.9 Å². The summed E-state index contributed by atoms with van der Waals surface area (Å²) in [4.78, 5) is 26.1. The fourth-order valence-electron chi connectivity index (χ4n) is 3.76. The van der Waals surface area contributed by atoms with Gasteiger partial charge in [-0.05, 0) is 47.0 Å². The lowest BCUT2D eigenvalue weighted by atomic mass is 9.84. The summed E-state index contributed by atoms with van der Waals surface area (Å²) in [5.74, 6) is -0.593. The van der Waals surface area contributed by atoms with Crippen LogP contribution in [0.1, 0.15) is 29.5 Å². The third-order valence-corrected chi connectivity index (χ3v) is 5.99. The summed E-state index contributed by atoms with van der Waals surface area (Å²) in [5.41, 5.74) is 4.61. The molecule has 0 heterocycles. The van der Waals surface area contributed by atoms with Gasteiger partial charge in [0.05, 0.1) is 11.5 Å². The molecular weight excluding hydrogens is 454 g/mol. The molecule has 3 aromatic rings. The highest BCUT2D eigenvalue weighted by molar-refractivity contribution is 6.31. The van der Waals surface area contributed by atoms with Crippen molar-refractivity contribution in [1.29, 1.82) is 0 Å². The number of halogens is 1. The second-order valence-electron chi connectivity index (χ2n) is 8.24. The predicted molar refractivity (Wildman–Crippen MR) is 136 cm³/mol. The Morgan fingerprint density at radius 1 is 0.971 bits per heavy atom. The van der Waals surface area contributed by atoms with E-state index in [0.717, 1.165) is 22.5 Å². The van der Waals surface area contributed by atoms with Crippen LogP contribution in [0.5, 0.6) is 0 Å². The molecule has 0 amide bonds. The molecule has 0 radical (unpaired) electrons. The first-order valence-electron chi connectivity index (χ1n) is 10.8. The van der Waals surface area contributed by atoms with Crippen LogP contribution >= 0.6 is 11.6 Å². The molecular formula is C26H28ClN3O4. The van der Waals surface area contributed by atoms with Gasteiger partial charge in [0.1, 0.15) is 6.61 Å². The average Bonchev–Trinajstić information content (AvgIpc) is 2.80. The molecule has 7 nitrogen and oxygen atoms in total. The zero-order valence-electron chi connectivity index (χ0n) is 19.7. The lowest BCUT2D eigenvalue weighted by molar-refractivity contribution is -0.384. The van der Waals surface area contributed by atoms with E-state index in [0.29, 0.717) is 23.7 Å². The van der Waals surface area contributed by atoms with Gasteiger partial charge in [-0.15, -0.1) is 0 Å². The maximum absolute atomic E-state index is 11.4. The molecule has 1 unspecified atom stereocenters. The number of hydrogen-bond donors (Lipinski definition) is 0. The van der Waals surface area contributed by atoms with Gasteiger partial charge in [-0.2, -0.15) is 0 Å². The van der Waals surface area contributed by atoms with Crippen molar-refractivity contribution in [2.75, 3.05) is 44.1 Å². The van der Waals surface area contributed by atoms with Gasteiger partial charge in [0.25, 0.3) is 5.69 Å². The zero-order valence-corrected chi connectivity index (χ0v) is 20.5. The Morgan fingerprint density at radius 2 is 1.53 bits per heavy atom. The number of benzene rings is 3. The molecule has 34 heavy (non-hydrogen) atoms. The lowest BCUT2D eigenvalue weighted by Crippen LogP contribution is -2.23. The van der Waals surface area contributed by atoms with Crippen LogP contribution in [0, 0.1) is 10.1 Å². The number of nitro benzene ring substituents is 1. The molecule has 0 aliphatic heterocycles. The average molecular weight is 482 g/mol. The van der Waals surface area contributed by atoms with Gasteiger partial charge in [-0.25, -0.2) is 0 Å². The first kappa shape index (κ1) is 25.1. The van der Waals surface area contributed by atoms with Crippen LogP contribution in [0.3, 0.4) is 0 Å². The highest BCUT2D eigenvalue weighted by atomic mass is 35.5. The SMILES string of the molecule is CC(=O)OCCN(C)c1ccc(C(c2ccc(N(C)C)cc2)c2cc([N+](=O)[O-])ccc2Cl)cc1. The Kier molecular flexibility index (Phi) is 8.12. The topological polar surface area (TPSA) is 75.9 Å². The van der Waals surface area contributed by atoms with Crippen LogP contribution in [0.2, 0.25) is 5.02 Å².